The highest BCUT2D eigenvalue weighted by Gasteiger charge is 2.27. The summed E-state index contributed by atoms with van der Waals surface area (Å²) in [4.78, 5) is 38.3. The molecule has 0 fully saturated rings. The van der Waals surface area contributed by atoms with Gasteiger partial charge in [-0.1, -0.05) is 30.3 Å². The van der Waals surface area contributed by atoms with Crippen molar-refractivity contribution in [3.63, 3.8) is 0 Å². The van der Waals surface area contributed by atoms with Crippen LogP contribution in [-0.2, 0) is 4.74 Å². The molecule has 8 heteroatoms. The highest BCUT2D eigenvalue weighted by atomic mass is 32.1. The van der Waals surface area contributed by atoms with E-state index in [4.69, 9.17) is 9.47 Å². The molecule has 2 aromatic carbocycles. The SMILES string of the molecule is COC(=O)c1c(NC(=O)c2ccccc2OC)sc(C(=O)Nc2ccccc2)c1C. The maximum Gasteiger partial charge on any atom is 0.341 e. The van der Waals surface area contributed by atoms with Gasteiger partial charge in [-0.25, -0.2) is 4.79 Å². The van der Waals surface area contributed by atoms with Crippen LogP contribution in [0.2, 0.25) is 0 Å². The molecule has 2 amide bonds. The van der Waals surface area contributed by atoms with E-state index in [9.17, 15) is 14.4 Å². The molecule has 0 unspecified atom stereocenters. The van der Waals surface area contributed by atoms with Crippen molar-refractivity contribution in [3.05, 3.63) is 76.2 Å². The third kappa shape index (κ3) is 4.33. The lowest BCUT2D eigenvalue weighted by Crippen LogP contribution is -2.15. The summed E-state index contributed by atoms with van der Waals surface area (Å²) in [6.45, 7) is 1.64. The molecular weight excluding hydrogens is 404 g/mol. The predicted molar refractivity (Wildman–Crippen MR) is 116 cm³/mol. The molecule has 0 aliphatic carbocycles. The summed E-state index contributed by atoms with van der Waals surface area (Å²) < 4.78 is 10.1. The quantitative estimate of drug-likeness (QED) is 0.574. The molecule has 2 N–H and O–H groups in total. The van der Waals surface area contributed by atoms with Gasteiger partial charge in [-0.2, -0.15) is 0 Å². The van der Waals surface area contributed by atoms with E-state index in [-0.39, 0.29) is 16.5 Å². The Hall–Kier alpha value is -3.65. The summed E-state index contributed by atoms with van der Waals surface area (Å²) in [5, 5.41) is 5.73. The van der Waals surface area contributed by atoms with Crippen molar-refractivity contribution < 1.29 is 23.9 Å². The van der Waals surface area contributed by atoms with Gasteiger partial charge in [-0.3, -0.25) is 9.59 Å². The van der Waals surface area contributed by atoms with E-state index in [0.717, 1.165) is 11.3 Å². The lowest BCUT2D eigenvalue weighted by atomic mass is 10.1. The number of nitrogens with one attached hydrogen (secondary N) is 2. The van der Waals surface area contributed by atoms with Crippen LogP contribution in [0, 0.1) is 6.92 Å². The molecule has 3 rings (SSSR count). The fraction of sp³-hybridized carbons (Fsp3) is 0.136. The molecular formula is C22H20N2O5S. The molecule has 3 aromatic rings. The topological polar surface area (TPSA) is 93.7 Å². The molecule has 0 atom stereocenters. The van der Waals surface area contributed by atoms with Crippen LogP contribution in [0.25, 0.3) is 0 Å². The summed E-state index contributed by atoms with van der Waals surface area (Å²) in [7, 11) is 2.71. The van der Waals surface area contributed by atoms with E-state index in [2.05, 4.69) is 10.6 Å². The standard InChI is InChI=1S/C22H20N2O5S/c1-13-17(22(27)29-3)21(24-19(25)15-11-7-8-12-16(15)28-2)30-18(13)20(26)23-14-9-5-4-6-10-14/h4-12H,1-3H3,(H,23,26)(H,24,25). The number of rotatable bonds is 6. The van der Waals surface area contributed by atoms with Gasteiger partial charge in [0, 0.05) is 5.69 Å². The third-order valence-corrected chi connectivity index (χ3v) is 5.56. The Morgan fingerprint density at radius 1 is 0.867 bits per heavy atom. The molecule has 1 aromatic heterocycles. The van der Waals surface area contributed by atoms with Gasteiger partial charge in [0.15, 0.2) is 0 Å². The van der Waals surface area contributed by atoms with Crippen molar-refractivity contribution in [1.29, 1.82) is 0 Å². The first kappa shape index (κ1) is 21.1. The molecule has 154 valence electrons. The van der Waals surface area contributed by atoms with Gasteiger partial charge < -0.3 is 20.1 Å². The van der Waals surface area contributed by atoms with Gasteiger partial charge in [0.2, 0.25) is 0 Å². The van der Waals surface area contributed by atoms with E-state index in [1.165, 1.54) is 14.2 Å². The minimum Gasteiger partial charge on any atom is -0.496 e. The van der Waals surface area contributed by atoms with Crippen molar-refractivity contribution in [2.75, 3.05) is 24.9 Å². The Morgan fingerprint density at radius 3 is 2.20 bits per heavy atom. The number of amides is 2. The summed E-state index contributed by atoms with van der Waals surface area (Å²) in [5.41, 5.74) is 1.49. The van der Waals surface area contributed by atoms with Crippen LogP contribution in [0.5, 0.6) is 5.75 Å². The molecule has 0 aliphatic heterocycles. The number of hydrogen-bond donors (Lipinski definition) is 2. The number of para-hydroxylation sites is 2. The summed E-state index contributed by atoms with van der Waals surface area (Å²) in [5.74, 6) is -1.09. The number of thiophene rings is 1. The van der Waals surface area contributed by atoms with Crippen molar-refractivity contribution in [2.24, 2.45) is 0 Å². The Labute approximate surface area is 177 Å². The van der Waals surface area contributed by atoms with Crippen LogP contribution in [0.3, 0.4) is 0 Å². The second-order valence-electron chi connectivity index (χ2n) is 6.23. The van der Waals surface area contributed by atoms with Crippen molar-refractivity contribution in [1.82, 2.24) is 0 Å². The van der Waals surface area contributed by atoms with Gasteiger partial charge in [0.25, 0.3) is 11.8 Å². The number of carbonyl (C=O) groups excluding carboxylic acids is 3. The number of benzene rings is 2. The minimum atomic E-state index is -0.641. The van der Waals surface area contributed by atoms with Gasteiger partial charge in [0.05, 0.1) is 30.2 Å². The molecule has 0 radical (unpaired) electrons. The highest BCUT2D eigenvalue weighted by Crippen LogP contribution is 2.35. The van der Waals surface area contributed by atoms with Gasteiger partial charge >= 0.3 is 5.97 Å². The number of ether oxygens (including phenoxy) is 2. The van der Waals surface area contributed by atoms with Crippen LogP contribution in [0.15, 0.2) is 54.6 Å². The average molecular weight is 424 g/mol. The zero-order chi connectivity index (χ0) is 21.7. The first-order chi connectivity index (χ1) is 14.5. The maximum absolute atomic E-state index is 12.8. The Morgan fingerprint density at radius 2 is 1.53 bits per heavy atom. The van der Waals surface area contributed by atoms with E-state index >= 15 is 0 Å². The van der Waals surface area contributed by atoms with Crippen LogP contribution in [-0.4, -0.2) is 32.0 Å². The van der Waals surface area contributed by atoms with Crippen molar-refractivity contribution in [3.8, 4) is 5.75 Å². The zero-order valence-electron chi connectivity index (χ0n) is 16.6. The van der Waals surface area contributed by atoms with Crippen LogP contribution >= 0.6 is 11.3 Å². The fourth-order valence-corrected chi connectivity index (χ4v) is 3.96. The van der Waals surface area contributed by atoms with Crippen molar-refractivity contribution in [2.45, 2.75) is 6.92 Å². The number of hydrogen-bond acceptors (Lipinski definition) is 6. The van der Waals surface area contributed by atoms with Crippen LogP contribution in [0.1, 0.15) is 36.0 Å². The highest BCUT2D eigenvalue weighted by molar-refractivity contribution is 7.19. The predicted octanol–water partition coefficient (Wildman–Crippen LogP) is 4.36. The zero-order valence-corrected chi connectivity index (χ0v) is 17.5. The molecule has 7 nitrogen and oxygen atoms in total. The van der Waals surface area contributed by atoms with Gasteiger partial charge in [-0.15, -0.1) is 11.3 Å². The van der Waals surface area contributed by atoms with E-state index in [0.29, 0.717) is 27.4 Å². The molecule has 1 heterocycles. The lowest BCUT2D eigenvalue weighted by Gasteiger charge is -2.09. The van der Waals surface area contributed by atoms with Crippen LogP contribution < -0.4 is 15.4 Å². The number of carbonyl (C=O) groups is 3. The molecule has 0 bridgehead atoms. The van der Waals surface area contributed by atoms with Gasteiger partial charge in [-0.05, 0) is 36.8 Å². The van der Waals surface area contributed by atoms with Gasteiger partial charge in [0.1, 0.15) is 10.8 Å². The Bertz CT molecular complexity index is 1090. The number of methoxy groups -OCH3 is 2. The molecule has 0 aliphatic rings. The molecule has 0 saturated carbocycles. The first-order valence-corrected chi connectivity index (χ1v) is 9.80. The second kappa shape index (κ2) is 9.23. The summed E-state index contributed by atoms with van der Waals surface area (Å²) in [6.07, 6.45) is 0. The lowest BCUT2D eigenvalue weighted by molar-refractivity contribution is 0.0601. The average Bonchev–Trinajstić information content (AvgIpc) is 3.09. The van der Waals surface area contributed by atoms with E-state index in [1.807, 2.05) is 6.07 Å². The summed E-state index contributed by atoms with van der Waals surface area (Å²) >= 11 is 1.01. The Kier molecular flexibility index (Phi) is 6.48. The minimum absolute atomic E-state index is 0.143. The largest absolute Gasteiger partial charge is 0.496 e. The van der Waals surface area contributed by atoms with Crippen LogP contribution in [0.4, 0.5) is 10.7 Å². The normalized spacial score (nSPS) is 10.2. The summed E-state index contributed by atoms with van der Waals surface area (Å²) in [6, 6.07) is 15.7. The fourth-order valence-electron chi connectivity index (χ4n) is 2.88. The number of anilines is 2. The van der Waals surface area contributed by atoms with Crippen molar-refractivity contribution >= 4 is 39.8 Å². The molecule has 30 heavy (non-hydrogen) atoms. The molecule has 0 saturated heterocycles. The maximum atomic E-state index is 12.8. The second-order valence-corrected chi connectivity index (χ2v) is 7.25. The van der Waals surface area contributed by atoms with E-state index in [1.54, 1.807) is 55.5 Å². The molecule has 0 spiro atoms. The Balaban J connectivity index is 1.95. The third-order valence-electron chi connectivity index (χ3n) is 4.35. The van der Waals surface area contributed by atoms with E-state index < -0.39 is 11.9 Å². The smallest absolute Gasteiger partial charge is 0.341 e. The monoisotopic (exact) mass is 424 g/mol. The first-order valence-electron chi connectivity index (χ1n) is 8.98. The number of esters is 1.